The highest BCUT2D eigenvalue weighted by atomic mass is 32.2. The Morgan fingerprint density at radius 1 is 1.09 bits per heavy atom. The van der Waals surface area contributed by atoms with E-state index in [-0.39, 0.29) is 11.6 Å². The third-order valence-electron chi connectivity index (χ3n) is 6.11. The lowest BCUT2D eigenvalue weighted by atomic mass is 10.2. The van der Waals surface area contributed by atoms with E-state index in [1.807, 2.05) is 66.9 Å². The number of thioether (sulfide) groups is 1. The van der Waals surface area contributed by atoms with Crippen molar-refractivity contribution in [1.82, 2.24) is 14.5 Å². The molecule has 0 spiro atoms. The molecule has 4 aromatic rings. The molecular weight excluding hydrogens is 434 g/mol. The third kappa shape index (κ3) is 4.42. The maximum Gasteiger partial charge on any atom is 0.262 e. The van der Waals surface area contributed by atoms with Crippen LogP contribution >= 0.6 is 11.8 Å². The van der Waals surface area contributed by atoms with Gasteiger partial charge in [0, 0.05) is 17.4 Å². The van der Waals surface area contributed by atoms with E-state index >= 15 is 0 Å². The Morgan fingerprint density at radius 3 is 2.61 bits per heavy atom. The smallest absolute Gasteiger partial charge is 0.262 e. The van der Waals surface area contributed by atoms with Crippen molar-refractivity contribution in [1.29, 1.82) is 0 Å². The van der Waals surface area contributed by atoms with Crippen LogP contribution in [0.5, 0.6) is 5.75 Å². The molecule has 1 saturated carbocycles. The number of para-hydroxylation sites is 1. The highest BCUT2D eigenvalue weighted by Crippen LogP contribution is 2.34. The molecule has 1 aliphatic carbocycles. The molecule has 6 nitrogen and oxygen atoms in total. The first-order valence-corrected chi connectivity index (χ1v) is 12.5. The molecule has 0 atom stereocenters. The van der Waals surface area contributed by atoms with E-state index in [0.717, 1.165) is 59.1 Å². The summed E-state index contributed by atoms with van der Waals surface area (Å²) in [6.45, 7) is 4.53. The normalized spacial score (nSPS) is 14.2. The number of hydrogen-bond acceptors (Lipinski definition) is 6. The average molecular weight is 462 g/mol. The van der Waals surface area contributed by atoms with Gasteiger partial charge in [-0.25, -0.2) is 9.97 Å². The van der Waals surface area contributed by atoms with E-state index in [0.29, 0.717) is 23.6 Å². The molecule has 0 N–H and O–H groups in total. The molecule has 5 rings (SSSR count). The molecule has 0 unspecified atom stereocenters. The van der Waals surface area contributed by atoms with E-state index in [1.54, 1.807) is 11.8 Å². The summed E-state index contributed by atoms with van der Waals surface area (Å²) in [4.78, 5) is 23.0. The predicted octanol–water partition coefficient (Wildman–Crippen LogP) is 6.17. The Morgan fingerprint density at radius 2 is 1.85 bits per heavy atom. The van der Waals surface area contributed by atoms with Gasteiger partial charge in [-0.15, -0.1) is 0 Å². The maximum absolute atomic E-state index is 13.3. The van der Waals surface area contributed by atoms with Gasteiger partial charge in [-0.2, -0.15) is 0 Å². The van der Waals surface area contributed by atoms with Crippen molar-refractivity contribution in [2.75, 3.05) is 6.61 Å². The number of fused-ring (bicyclic) bond motifs is 1. The van der Waals surface area contributed by atoms with Gasteiger partial charge in [-0.3, -0.25) is 9.36 Å². The minimum Gasteiger partial charge on any atom is -0.494 e. The van der Waals surface area contributed by atoms with Crippen LogP contribution in [0.4, 0.5) is 0 Å². The van der Waals surface area contributed by atoms with Crippen LogP contribution in [0.1, 0.15) is 50.1 Å². The van der Waals surface area contributed by atoms with Crippen LogP contribution in [-0.2, 0) is 5.75 Å². The second-order valence-electron chi connectivity index (χ2n) is 8.29. The first-order valence-electron chi connectivity index (χ1n) is 11.5. The van der Waals surface area contributed by atoms with E-state index in [9.17, 15) is 4.79 Å². The number of aryl methyl sites for hydroxylation is 1. The van der Waals surface area contributed by atoms with Gasteiger partial charge >= 0.3 is 0 Å². The summed E-state index contributed by atoms with van der Waals surface area (Å²) in [5.74, 6) is 2.78. The van der Waals surface area contributed by atoms with Crippen LogP contribution < -0.4 is 10.3 Å². The molecule has 0 saturated heterocycles. The Bertz CT molecular complexity index is 1320. The lowest BCUT2D eigenvalue weighted by Gasteiger charge is -2.18. The van der Waals surface area contributed by atoms with Crippen molar-refractivity contribution in [3.05, 3.63) is 70.3 Å². The summed E-state index contributed by atoms with van der Waals surface area (Å²) in [5.41, 5.74) is 2.57. The molecule has 2 aromatic carbocycles. The summed E-state index contributed by atoms with van der Waals surface area (Å²) < 4.78 is 13.4. The fraction of sp³-hybridized carbons (Fsp3) is 0.346. The predicted molar refractivity (Wildman–Crippen MR) is 131 cm³/mol. The maximum atomic E-state index is 13.3. The number of benzene rings is 2. The van der Waals surface area contributed by atoms with Gasteiger partial charge in [-0.05, 0) is 63.1 Å². The van der Waals surface area contributed by atoms with Crippen LogP contribution in [0.3, 0.4) is 0 Å². The zero-order chi connectivity index (χ0) is 22.8. The Kier molecular flexibility index (Phi) is 6.22. The fourth-order valence-electron chi connectivity index (χ4n) is 4.39. The van der Waals surface area contributed by atoms with Crippen LogP contribution in [0, 0.1) is 6.92 Å². The molecule has 2 heterocycles. The van der Waals surface area contributed by atoms with Crippen molar-refractivity contribution in [3.8, 4) is 17.2 Å². The summed E-state index contributed by atoms with van der Waals surface area (Å²) in [7, 11) is 0. The fourth-order valence-corrected chi connectivity index (χ4v) is 5.46. The third-order valence-corrected chi connectivity index (χ3v) is 7.07. The standard InChI is InChI=1S/C26H27N3O3S/c1-3-31-20-14-12-18(13-15-20)24-27-23(17(2)32-24)16-33-26-28-22-11-7-6-10-21(22)25(30)29(26)19-8-4-5-9-19/h6-7,10-15,19H,3-5,8-9,16H2,1-2H3. The Labute approximate surface area is 197 Å². The number of rotatable bonds is 7. The zero-order valence-corrected chi connectivity index (χ0v) is 19.7. The molecule has 0 radical (unpaired) electrons. The van der Waals surface area contributed by atoms with E-state index < -0.39 is 0 Å². The van der Waals surface area contributed by atoms with Crippen molar-refractivity contribution < 1.29 is 9.15 Å². The molecule has 0 amide bonds. The molecule has 1 fully saturated rings. The molecule has 33 heavy (non-hydrogen) atoms. The summed E-state index contributed by atoms with van der Waals surface area (Å²) in [6, 6.07) is 15.6. The molecule has 0 aliphatic heterocycles. The zero-order valence-electron chi connectivity index (χ0n) is 18.9. The van der Waals surface area contributed by atoms with Crippen molar-refractivity contribution in [2.45, 2.75) is 56.5 Å². The van der Waals surface area contributed by atoms with Gasteiger partial charge in [-0.1, -0.05) is 36.7 Å². The van der Waals surface area contributed by atoms with Crippen molar-refractivity contribution in [2.24, 2.45) is 0 Å². The van der Waals surface area contributed by atoms with Gasteiger partial charge in [0.15, 0.2) is 5.16 Å². The number of aromatic nitrogens is 3. The minimum atomic E-state index is 0.0574. The second kappa shape index (κ2) is 9.43. The van der Waals surface area contributed by atoms with E-state index in [2.05, 4.69) is 0 Å². The van der Waals surface area contributed by atoms with Gasteiger partial charge < -0.3 is 9.15 Å². The topological polar surface area (TPSA) is 70.2 Å². The lowest BCUT2D eigenvalue weighted by Crippen LogP contribution is -2.26. The molecule has 2 aromatic heterocycles. The van der Waals surface area contributed by atoms with Gasteiger partial charge in [0.1, 0.15) is 11.5 Å². The monoisotopic (exact) mass is 461 g/mol. The van der Waals surface area contributed by atoms with Crippen LogP contribution in [0.2, 0.25) is 0 Å². The summed E-state index contributed by atoms with van der Waals surface area (Å²) >= 11 is 1.56. The number of oxazole rings is 1. The SMILES string of the molecule is CCOc1ccc(-c2nc(CSc3nc4ccccc4c(=O)n3C3CCCC3)c(C)o2)cc1. The Balaban J connectivity index is 1.43. The second-order valence-corrected chi connectivity index (χ2v) is 9.24. The molecule has 1 aliphatic rings. The van der Waals surface area contributed by atoms with E-state index in [1.165, 1.54) is 0 Å². The van der Waals surface area contributed by atoms with Crippen molar-refractivity contribution >= 4 is 22.7 Å². The highest BCUT2D eigenvalue weighted by Gasteiger charge is 2.23. The first kappa shape index (κ1) is 21.8. The quantitative estimate of drug-likeness (QED) is 0.242. The van der Waals surface area contributed by atoms with Crippen LogP contribution in [0.15, 0.2) is 62.9 Å². The average Bonchev–Trinajstić information content (AvgIpc) is 3.48. The lowest BCUT2D eigenvalue weighted by molar-refractivity contribution is 0.340. The van der Waals surface area contributed by atoms with Crippen LogP contribution in [0.25, 0.3) is 22.4 Å². The number of ether oxygens (including phenoxy) is 1. The van der Waals surface area contributed by atoms with E-state index in [4.69, 9.17) is 19.1 Å². The molecular formula is C26H27N3O3S. The Hall–Kier alpha value is -3.06. The van der Waals surface area contributed by atoms with Gasteiger partial charge in [0.25, 0.3) is 5.56 Å². The van der Waals surface area contributed by atoms with Gasteiger partial charge in [0.05, 0.1) is 23.2 Å². The largest absolute Gasteiger partial charge is 0.494 e. The first-order chi connectivity index (χ1) is 16.1. The van der Waals surface area contributed by atoms with Crippen molar-refractivity contribution in [3.63, 3.8) is 0 Å². The molecule has 7 heteroatoms. The highest BCUT2D eigenvalue weighted by molar-refractivity contribution is 7.98. The van der Waals surface area contributed by atoms with Crippen LogP contribution in [-0.4, -0.2) is 21.1 Å². The minimum absolute atomic E-state index is 0.0574. The summed E-state index contributed by atoms with van der Waals surface area (Å²) in [5, 5.41) is 1.44. The molecule has 0 bridgehead atoms. The van der Waals surface area contributed by atoms with Gasteiger partial charge in [0.2, 0.25) is 5.89 Å². The number of nitrogens with zero attached hydrogens (tertiary/aromatic N) is 3. The molecule has 170 valence electrons. The summed E-state index contributed by atoms with van der Waals surface area (Å²) in [6.07, 6.45) is 4.36. The number of hydrogen-bond donors (Lipinski definition) is 0.